The first-order chi connectivity index (χ1) is 8.27. The van der Waals surface area contributed by atoms with Gasteiger partial charge in [-0.25, -0.2) is 4.85 Å². The predicted octanol–water partition coefficient (Wildman–Crippen LogP) is 2.24. The summed E-state index contributed by atoms with van der Waals surface area (Å²) in [5.41, 5.74) is 0.0688. The van der Waals surface area contributed by atoms with E-state index in [9.17, 15) is 5.11 Å². The van der Waals surface area contributed by atoms with Crippen molar-refractivity contribution in [2.75, 3.05) is 0 Å². The molecule has 2 rings (SSSR count). The number of phenols is 1. The average molecular weight is 245 g/mol. The maximum absolute atomic E-state index is 9.92. The molecule has 1 N–H and O–H groups in total. The highest BCUT2D eigenvalue weighted by Gasteiger charge is 2.52. The Bertz CT molecular complexity index is 503. The minimum Gasteiger partial charge on any atom is -0.510 e. The first-order valence-corrected chi connectivity index (χ1v) is 5.83. The van der Waals surface area contributed by atoms with Crippen LogP contribution in [0, 0.1) is 6.57 Å². The number of nitrogens with zero attached hydrogens (tertiary/aromatic N) is 1. The van der Waals surface area contributed by atoms with Crippen LogP contribution in [0.25, 0.3) is 4.85 Å². The second-order valence-electron chi connectivity index (χ2n) is 5.44. The van der Waals surface area contributed by atoms with E-state index in [4.69, 9.17) is 15.9 Å². The lowest BCUT2D eigenvalue weighted by Gasteiger charge is -2.32. The molecule has 18 heavy (non-hydrogen) atoms. The van der Waals surface area contributed by atoms with Crippen molar-refractivity contribution in [2.45, 2.75) is 38.9 Å². The molecule has 1 fully saturated rings. The summed E-state index contributed by atoms with van der Waals surface area (Å²) in [6.45, 7) is 14.7. The number of aromatic hydroxyl groups is 1. The molecule has 4 nitrogen and oxygen atoms in total. The molecular weight excluding hydrogens is 229 g/mol. The third kappa shape index (κ3) is 1.98. The molecule has 0 unspecified atom stereocenters. The molecule has 1 aliphatic rings. The molecule has 0 radical (unpaired) electrons. The van der Waals surface area contributed by atoms with Crippen LogP contribution in [0.1, 0.15) is 27.7 Å². The van der Waals surface area contributed by atoms with E-state index < -0.39 is 18.3 Å². The van der Waals surface area contributed by atoms with E-state index in [0.29, 0.717) is 11.2 Å². The van der Waals surface area contributed by atoms with Gasteiger partial charge in [0.25, 0.3) is 0 Å². The zero-order valence-electron chi connectivity index (χ0n) is 11.0. The topological polar surface area (TPSA) is 43.0 Å². The molecule has 94 valence electrons. The van der Waals surface area contributed by atoms with Crippen LogP contribution in [0.5, 0.6) is 5.75 Å². The van der Waals surface area contributed by atoms with E-state index in [1.54, 1.807) is 12.1 Å². The third-order valence-electron chi connectivity index (χ3n) is 3.65. The quantitative estimate of drug-likeness (QED) is 0.609. The smallest absolute Gasteiger partial charge is 0.498 e. The van der Waals surface area contributed by atoms with Gasteiger partial charge in [0.2, 0.25) is 0 Å². The Morgan fingerprint density at radius 2 is 1.72 bits per heavy atom. The molecule has 5 heteroatoms. The normalized spacial score (nSPS) is 20.7. The number of rotatable bonds is 1. The van der Waals surface area contributed by atoms with Gasteiger partial charge in [-0.15, -0.1) is 0 Å². The molecule has 1 aliphatic heterocycles. The summed E-state index contributed by atoms with van der Waals surface area (Å²) in [6.07, 6.45) is 0. The fraction of sp³-hybridized carbons (Fsp3) is 0.462. The van der Waals surface area contributed by atoms with Crippen molar-refractivity contribution in [2.24, 2.45) is 0 Å². The molecular formula is C13H16BNO3. The Kier molecular flexibility index (Phi) is 2.88. The summed E-state index contributed by atoms with van der Waals surface area (Å²) >= 11 is 0. The second kappa shape index (κ2) is 4.01. The molecule has 0 spiro atoms. The minimum atomic E-state index is -0.602. The number of hydrogen-bond donors (Lipinski definition) is 1. The van der Waals surface area contributed by atoms with Crippen LogP contribution in [0.3, 0.4) is 0 Å². The van der Waals surface area contributed by atoms with Gasteiger partial charge in [-0.3, -0.25) is 0 Å². The molecule has 1 heterocycles. The lowest BCUT2D eigenvalue weighted by Crippen LogP contribution is -2.41. The van der Waals surface area contributed by atoms with E-state index in [0.717, 1.165) is 0 Å². The van der Waals surface area contributed by atoms with Crippen molar-refractivity contribution in [3.8, 4) is 5.75 Å². The van der Waals surface area contributed by atoms with Gasteiger partial charge in [0.15, 0.2) is 5.69 Å². The third-order valence-corrected chi connectivity index (χ3v) is 3.65. The van der Waals surface area contributed by atoms with Crippen LogP contribution in [-0.2, 0) is 9.31 Å². The van der Waals surface area contributed by atoms with Crippen LogP contribution in [-0.4, -0.2) is 23.4 Å². The van der Waals surface area contributed by atoms with Crippen molar-refractivity contribution >= 4 is 18.3 Å². The SMILES string of the molecule is [C-]#[N+]c1ccc(B2OC(C)(C)C(C)(C)O2)c(O)c1. The highest BCUT2D eigenvalue weighted by atomic mass is 16.7. The maximum Gasteiger partial charge on any atom is 0.498 e. The number of benzene rings is 1. The summed E-state index contributed by atoms with van der Waals surface area (Å²) in [5.74, 6) is 0.0296. The summed E-state index contributed by atoms with van der Waals surface area (Å²) in [4.78, 5) is 3.26. The second-order valence-corrected chi connectivity index (χ2v) is 5.44. The fourth-order valence-electron chi connectivity index (χ4n) is 1.77. The Morgan fingerprint density at radius 3 is 2.17 bits per heavy atom. The van der Waals surface area contributed by atoms with Crippen LogP contribution < -0.4 is 5.46 Å². The van der Waals surface area contributed by atoms with Crippen LogP contribution in [0.2, 0.25) is 0 Å². The van der Waals surface area contributed by atoms with Crippen LogP contribution in [0.4, 0.5) is 5.69 Å². The lowest BCUT2D eigenvalue weighted by atomic mass is 9.78. The van der Waals surface area contributed by atoms with Gasteiger partial charge < -0.3 is 14.4 Å². The summed E-state index contributed by atoms with van der Waals surface area (Å²) in [7, 11) is -0.602. The Balaban J connectivity index is 2.33. The van der Waals surface area contributed by atoms with Gasteiger partial charge >= 0.3 is 7.12 Å². The predicted molar refractivity (Wildman–Crippen MR) is 70.1 cm³/mol. The van der Waals surface area contributed by atoms with E-state index in [1.807, 2.05) is 27.7 Å². The van der Waals surface area contributed by atoms with Gasteiger partial charge in [0.1, 0.15) is 5.75 Å². The molecule has 0 bridgehead atoms. The zero-order chi connectivity index (χ0) is 13.6. The Labute approximate surface area is 107 Å². The molecule has 1 aromatic rings. The van der Waals surface area contributed by atoms with Crippen molar-refractivity contribution in [1.29, 1.82) is 0 Å². The monoisotopic (exact) mass is 245 g/mol. The van der Waals surface area contributed by atoms with E-state index >= 15 is 0 Å². The lowest BCUT2D eigenvalue weighted by molar-refractivity contribution is 0.00578. The standard InChI is InChI=1S/C13H16BNO3/c1-12(2)13(3,4)18-14(17-12)10-7-6-9(15-5)8-11(10)16/h6-8,16H,1-4H3. The Hall–Kier alpha value is -1.51. The summed E-state index contributed by atoms with van der Waals surface area (Å²) in [5, 5.41) is 9.92. The molecule has 0 aliphatic carbocycles. The first kappa shape index (κ1) is 12.9. The molecule has 0 atom stereocenters. The highest BCUT2D eigenvalue weighted by molar-refractivity contribution is 6.63. The summed E-state index contributed by atoms with van der Waals surface area (Å²) in [6, 6.07) is 4.74. The highest BCUT2D eigenvalue weighted by Crippen LogP contribution is 2.37. The van der Waals surface area contributed by atoms with Crippen molar-refractivity contribution in [3.05, 3.63) is 29.6 Å². The van der Waals surface area contributed by atoms with E-state index in [-0.39, 0.29) is 5.75 Å². The number of phenolic OH excluding ortho intramolecular Hbond substituents is 1. The van der Waals surface area contributed by atoms with Crippen molar-refractivity contribution in [1.82, 2.24) is 0 Å². The molecule has 0 saturated carbocycles. The van der Waals surface area contributed by atoms with Gasteiger partial charge in [-0.1, -0.05) is 12.1 Å². The van der Waals surface area contributed by atoms with Gasteiger partial charge in [-0.2, -0.15) is 0 Å². The van der Waals surface area contributed by atoms with Crippen LogP contribution >= 0.6 is 0 Å². The Morgan fingerprint density at radius 1 is 1.17 bits per heavy atom. The maximum atomic E-state index is 9.92. The largest absolute Gasteiger partial charge is 0.510 e. The van der Waals surface area contributed by atoms with E-state index in [2.05, 4.69) is 4.85 Å². The zero-order valence-corrected chi connectivity index (χ0v) is 11.0. The van der Waals surface area contributed by atoms with Gasteiger partial charge in [0, 0.05) is 5.46 Å². The minimum absolute atomic E-state index is 0.0296. The molecule has 0 amide bonds. The number of hydrogen-bond acceptors (Lipinski definition) is 3. The van der Waals surface area contributed by atoms with Crippen molar-refractivity contribution < 1.29 is 14.4 Å². The molecule has 1 saturated heterocycles. The van der Waals surface area contributed by atoms with Crippen LogP contribution in [0.15, 0.2) is 18.2 Å². The van der Waals surface area contributed by atoms with E-state index in [1.165, 1.54) is 6.07 Å². The fourth-order valence-corrected chi connectivity index (χ4v) is 1.77. The average Bonchev–Trinajstić information content (AvgIpc) is 2.47. The van der Waals surface area contributed by atoms with Gasteiger partial charge in [-0.05, 0) is 33.8 Å². The van der Waals surface area contributed by atoms with Crippen molar-refractivity contribution in [3.63, 3.8) is 0 Å². The van der Waals surface area contributed by atoms with Gasteiger partial charge in [0.05, 0.1) is 17.8 Å². The molecule has 0 aromatic heterocycles. The molecule has 1 aromatic carbocycles. The summed E-state index contributed by atoms with van der Waals surface area (Å²) < 4.78 is 11.7. The first-order valence-electron chi connectivity index (χ1n) is 5.83.